The Morgan fingerprint density at radius 3 is 2.13 bits per heavy atom. The fourth-order valence-electron chi connectivity index (χ4n) is 4.31. The number of ketones is 2. The molecule has 2 aromatic rings. The molecule has 0 atom stereocenters. The van der Waals surface area contributed by atoms with Crippen LogP contribution in [0.4, 0.5) is 0 Å². The van der Waals surface area contributed by atoms with Gasteiger partial charge in [0, 0.05) is 34.0 Å². The molecule has 1 heterocycles. The van der Waals surface area contributed by atoms with E-state index in [9.17, 15) is 14.4 Å². The quantitative estimate of drug-likeness (QED) is 0.0781. The highest BCUT2D eigenvalue weighted by Crippen LogP contribution is 2.29. The van der Waals surface area contributed by atoms with Gasteiger partial charge in [0.15, 0.2) is 11.9 Å². The number of oxime groups is 1. The molecule has 0 aliphatic carbocycles. The Morgan fingerprint density at radius 1 is 0.974 bits per heavy atom. The number of carbonyl (C=O) groups excluding carboxylic acids is 3. The van der Waals surface area contributed by atoms with Crippen LogP contribution in [0.5, 0.6) is 0 Å². The number of carbonyl (C=O) groups is 3. The number of nitrogens with zero attached hydrogens (tertiary/aromatic N) is 3. The molecule has 0 unspecified atom stereocenters. The maximum absolute atomic E-state index is 13.2. The van der Waals surface area contributed by atoms with E-state index in [4.69, 9.17) is 10.00 Å². The molecule has 0 saturated carbocycles. The second kappa shape index (κ2) is 14.7. The lowest BCUT2D eigenvalue weighted by Crippen LogP contribution is -2.54. The van der Waals surface area contributed by atoms with Crippen LogP contribution in [0.1, 0.15) is 73.6 Å². The molecule has 0 N–H and O–H groups in total. The summed E-state index contributed by atoms with van der Waals surface area (Å²) < 4.78 is 5.42. The van der Waals surface area contributed by atoms with Crippen molar-refractivity contribution in [1.82, 2.24) is 4.90 Å². The SMILES string of the molecule is CCCCCC/C(=N\OC(=O)C#N)C(=O)c1ccc(Sc2ccc(C(=O)C(C)(C)N3CCOCC3)cc2)cc1. The lowest BCUT2D eigenvalue weighted by Gasteiger charge is -2.39. The maximum atomic E-state index is 13.2. The molecule has 2 aromatic carbocycles. The smallest absolute Gasteiger partial charge is 0.379 e. The van der Waals surface area contributed by atoms with Crippen LogP contribution in [-0.4, -0.2) is 60.0 Å². The third-order valence-electron chi connectivity index (χ3n) is 6.69. The van der Waals surface area contributed by atoms with Gasteiger partial charge in [0.1, 0.15) is 5.71 Å². The molecule has 0 radical (unpaired) electrons. The fourth-order valence-corrected chi connectivity index (χ4v) is 5.12. The Morgan fingerprint density at radius 2 is 1.56 bits per heavy atom. The number of morpholine rings is 1. The van der Waals surface area contributed by atoms with E-state index in [2.05, 4.69) is 21.8 Å². The van der Waals surface area contributed by atoms with E-state index in [0.29, 0.717) is 30.8 Å². The minimum atomic E-state index is -1.15. The first kappa shape index (κ1) is 30.2. The van der Waals surface area contributed by atoms with Gasteiger partial charge < -0.3 is 9.57 Å². The molecular formula is C30H35N3O5S. The zero-order valence-corrected chi connectivity index (χ0v) is 23.6. The normalized spacial score (nSPS) is 14.5. The highest BCUT2D eigenvalue weighted by Gasteiger charge is 2.35. The summed E-state index contributed by atoms with van der Waals surface area (Å²) in [4.78, 5) is 46.1. The first-order valence-electron chi connectivity index (χ1n) is 13.2. The Hall–Kier alpha value is -3.32. The van der Waals surface area contributed by atoms with E-state index in [-0.39, 0.29) is 17.3 Å². The minimum Gasteiger partial charge on any atom is -0.379 e. The molecule has 3 rings (SSSR count). The van der Waals surface area contributed by atoms with E-state index < -0.39 is 11.5 Å². The van der Waals surface area contributed by atoms with Crippen LogP contribution < -0.4 is 0 Å². The van der Waals surface area contributed by atoms with Gasteiger partial charge in [0.25, 0.3) is 0 Å². The predicted molar refractivity (Wildman–Crippen MR) is 150 cm³/mol. The molecule has 0 aromatic heterocycles. The summed E-state index contributed by atoms with van der Waals surface area (Å²) in [7, 11) is 0. The molecule has 1 saturated heterocycles. The molecular weight excluding hydrogens is 514 g/mol. The van der Waals surface area contributed by atoms with Crippen LogP contribution in [-0.2, 0) is 14.4 Å². The molecule has 1 fully saturated rings. The molecule has 1 aliphatic heterocycles. The number of hydrogen-bond donors (Lipinski definition) is 0. The number of Topliss-reactive ketones (excluding diaryl/α,β-unsaturated/α-hetero) is 2. The zero-order chi connectivity index (χ0) is 28.3. The molecule has 1 aliphatic rings. The number of ether oxygens (including phenoxy) is 1. The predicted octanol–water partition coefficient (Wildman–Crippen LogP) is 5.71. The van der Waals surface area contributed by atoms with Gasteiger partial charge in [-0.15, -0.1) is 0 Å². The Labute approximate surface area is 234 Å². The van der Waals surface area contributed by atoms with Crippen LogP contribution in [0.25, 0.3) is 0 Å². The summed E-state index contributed by atoms with van der Waals surface area (Å²) in [6.45, 7) is 8.76. The first-order chi connectivity index (χ1) is 18.8. The van der Waals surface area contributed by atoms with Crippen LogP contribution in [0, 0.1) is 11.3 Å². The van der Waals surface area contributed by atoms with Crippen LogP contribution >= 0.6 is 11.8 Å². The molecule has 9 heteroatoms. The lowest BCUT2D eigenvalue weighted by atomic mass is 9.91. The van der Waals surface area contributed by atoms with Crippen LogP contribution in [0.3, 0.4) is 0 Å². The zero-order valence-electron chi connectivity index (χ0n) is 22.8. The van der Waals surface area contributed by atoms with Crippen molar-refractivity contribution in [2.45, 2.75) is 68.2 Å². The van der Waals surface area contributed by atoms with E-state index >= 15 is 0 Å². The van der Waals surface area contributed by atoms with E-state index in [1.165, 1.54) is 17.8 Å². The van der Waals surface area contributed by atoms with Gasteiger partial charge in [0.05, 0.1) is 18.8 Å². The van der Waals surface area contributed by atoms with Crippen LogP contribution in [0.2, 0.25) is 0 Å². The first-order valence-corrected chi connectivity index (χ1v) is 14.1. The van der Waals surface area contributed by atoms with Crippen molar-refractivity contribution in [2.24, 2.45) is 5.16 Å². The highest BCUT2D eigenvalue weighted by atomic mass is 32.2. The van der Waals surface area contributed by atoms with Crippen molar-refractivity contribution in [3.05, 3.63) is 59.7 Å². The van der Waals surface area contributed by atoms with E-state index in [1.54, 1.807) is 12.1 Å². The molecule has 0 bridgehead atoms. The molecule has 8 nitrogen and oxygen atoms in total. The fraction of sp³-hybridized carbons (Fsp3) is 0.433. The largest absolute Gasteiger partial charge is 0.436 e. The van der Waals surface area contributed by atoms with E-state index in [1.807, 2.05) is 50.2 Å². The van der Waals surface area contributed by atoms with Crippen molar-refractivity contribution in [2.75, 3.05) is 26.3 Å². The van der Waals surface area contributed by atoms with Crippen molar-refractivity contribution in [3.8, 4) is 6.07 Å². The van der Waals surface area contributed by atoms with E-state index in [0.717, 1.165) is 48.6 Å². The summed E-state index contributed by atoms with van der Waals surface area (Å²) in [5.74, 6) is -1.41. The summed E-state index contributed by atoms with van der Waals surface area (Å²) in [5.41, 5.74) is 0.606. The summed E-state index contributed by atoms with van der Waals surface area (Å²) in [6.07, 6.45) is 4.11. The third kappa shape index (κ3) is 8.59. The van der Waals surface area contributed by atoms with Gasteiger partial charge >= 0.3 is 5.97 Å². The van der Waals surface area contributed by atoms with Gasteiger partial charge in [-0.3, -0.25) is 14.5 Å². The minimum absolute atomic E-state index is 0.0800. The molecule has 0 amide bonds. The maximum Gasteiger partial charge on any atom is 0.436 e. The number of benzene rings is 2. The molecule has 206 valence electrons. The molecule has 39 heavy (non-hydrogen) atoms. The Balaban J connectivity index is 1.65. The Kier molecular flexibility index (Phi) is 11.4. The highest BCUT2D eigenvalue weighted by molar-refractivity contribution is 7.99. The second-order valence-corrected chi connectivity index (χ2v) is 11.0. The van der Waals surface area contributed by atoms with Crippen molar-refractivity contribution in [1.29, 1.82) is 5.26 Å². The monoisotopic (exact) mass is 549 g/mol. The number of rotatable bonds is 13. The summed E-state index contributed by atoms with van der Waals surface area (Å²) in [6, 6.07) is 16.0. The van der Waals surface area contributed by atoms with Gasteiger partial charge in [-0.2, -0.15) is 5.26 Å². The van der Waals surface area contributed by atoms with Gasteiger partial charge in [0.2, 0.25) is 5.78 Å². The number of unbranched alkanes of at least 4 members (excludes halogenated alkanes) is 3. The molecule has 0 spiro atoms. The van der Waals surface area contributed by atoms with Crippen molar-refractivity contribution < 1.29 is 24.0 Å². The van der Waals surface area contributed by atoms with Crippen molar-refractivity contribution >= 4 is 35.0 Å². The standard InChI is InChI=1S/C30H35N3O5S/c1-4-5-6-7-8-26(32-38-27(34)21-31)28(35)22-9-13-24(14-10-22)39-25-15-11-23(12-16-25)29(36)30(2,3)33-17-19-37-20-18-33/h9-16H,4-8,17-20H2,1-3H3/b32-26+. The average molecular weight is 550 g/mol. The average Bonchev–Trinajstić information content (AvgIpc) is 2.97. The number of nitriles is 1. The van der Waals surface area contributed by atoms with Gasteiger partial charge in [-0.1, -0.05) is 55.2 Å². The van der Waals surface area contributed by atoms with Crippen molar-refractivity contribution in [3.63, 3.8) is 0 Å². The summed E-state index contributed by atoms with van der Waals surface area (Å²) in [5, 5.41) is 12.3. The lowest BCUT2D eigenvalue weighted by molar-refractivity contribution is -0.136. The Bertz CT molecular complexity index is 1210. The third-order valence-corrected chi connectivity index (χ3v) is 7.70. The number of hydrogen-bond acceptors (Lipinski definition) is 9. The summed E-state index contributed by atoms with van der Waals surface area (Å²) >= 11 is 1.52. The van der Waals surface area contributed by atoms with Gasteiger partial charge in [-0.25, -0.2) is 4.79 Å². The topological polar surface area (TPSA) is 109 Å². The van der Waals surface area contributed by atoms with Crippen LogP contribution in [0.15, 0.2) is 63.5 Å². The second-order valence-electron chi connectivity index (χ2n) is 9.81. The van der Waals surface area contributed by atoms with Gasteiger partial charge in [-0.05, 0) is 63.1 Å².